The third-order valence-electron chi connectivity index (χ3n) is 3.35. The van der Waals surface area contributed by atoms with Crippen LogP contribution in [0.15, 0.2) is 36.4 Å². The van der Waals surface area contributed by atoms with Gasteiger partial charge >= 0.3 is 0 Å². The van der Waals surface area contributed by atoms with E-state index in [0.717, 1.165) is 22.7 Å². The van der Waals surface area contributed by atoms with Crippen LogP contribution in [0.2, 0.25) is 10.0 Å². The van der Waals surface area contributed by atoms with Crippen molar-refractivity contribution in [3.63, 3.8) is 0 Å². The minimum atomic E-state index is 0.0266. The summed E-state index contributed by atoms with van der Waals surface area (Å²) in [6.07, 6.45) is 0. The van der Waals surface area contributed by atoms with Crippen LogP contribution in [0, 0.1) is 0 Å². The molecule has 21 heavy (non-hydrogen) atoms. The molecular formula is C16H15Cl2NO2. The number of hydrogen-bond donors (Lipinski definition) is 1. The fourth-order valence-electron chi connectivity index (χ4n) is 2.31. The van der Waals surface area contributed by atoms with Gasteiger partial charge in [0.05, 0.1) is 6.04 Å². The summed E-state index contributed by atoms with van der Waals surface area (Å²) in [4.78, 5) is 0. The number of anilines is 1. The van der Waals surface area contributed by atoms with Crippen molar-refractivity contribution in [2.24, 2.45) is 0 Å². The van der Waals surface area contributed by atoms with Crippen LogP contribution in [0.4, 0.5) is 5.69 Å². The third kappa shape index (κ3) is 3.20. The molecule has 110 valence electrons. The molecule has 1 aliphatic rings. The molecule has 3 nitrogen and oxygen atoms in total. The van der Waals surface area contributed by atoms with E-state index in [0.29, 0.717) is 23.3 Å². The smallest absolute Gasteiger partial charge is 0.163 e. The Labute approximate surface area is 133 Å². The van der Waals surface area contributed by atoms with E-state index in [4.69, 9.17) is 32.7 Å². The Balaban J connectivity index is 1.81. The second kappa shape index (κ2) is 6.04. The third-order valence-corrected chi connectivity index (χ3v) is 3.93. The summed E-state index contributed by atoms with van der Waals surface area (Å²) in [5.41, 5.74) is 1.90. The Morgan fingerprint density at radius 3 is 2.57 bits per heavy atom. The lowest BCUT2D eigenvalue weighted by Gasteiger charge is -2.21. The summed E-state index contributed by atoms with van der Waals surface area (Å²) in [6, 6.07) is 11.3. The van der Waals surface area contributed by atoms with Crippen molar-refractivity contribution in [3.8, 4) is 11.5 Å². The number of rotatable bonds is 3. The molecule has 1 N–H and O–H groups in total. The highest BCUT2D eigenvalue weighted by atomic mass is 35.5. The Bertz CT molecular complexity index is 661. The van der Waals surface area contributed by atoms with Gasteiger partial charge in [0.25, 0.3) is 0 Å². The number of halogens is 2. The van der Waals surface area contributed by atoms with Crippen LogP contribution in [-0.4, -0.2) is 13.2 Å². The molecule has 2 aromatic rings. The maximum Gasteiger partial charge on any atom is 0.163 e. The van der Waals surface area contributed by atoms with Crippen molar-refractivity contribution in [1.82, 2.24) is 0 Å². The van der Waals surface area contributed by atoms with E-state index in [9.17, 15) is 0 Å². The van der Waals surface area contributed by atoms with Crippen molar-refractivity contribution < 1.29 is 9.47 Å². The summed E-state index contributed by atoms with van der Waals surface area (Å²) >= 11 is 12.3. The minimum absolute atomic E-state index is 0.0266. The van der Waals surface area contributed by atoms with Crippen LogP contribution in [-0.2, 0) is 0 Å². The van der Waals surface area contributed by atoms with Gasteiger partial charge in [-0.15, -0.1) is 0 Å². The van der Waals surface area contributed by atoms with Crippen molar-refractivity contribution >= 4 is 28.9 Å². The fourth-order valence-corrected chi connectivity index (χ4v) is 2.77. The molecule has 1 unspecified atom stereocenters. The first-order chi connectivity index (χ1) is 10.1. The van der Waals surface area contributed by atoms with Crippen LogP contribution in [0.25, 0.3) is 0 Å². The van der Waals surface area contributed by atoms with Gasteiger partial charge in [0, 0.05) is 21.8 Å². The van der Waals surface area contributed by atoms with Crippen LogP contribution in [0.3, 0.4) is 0 Å². The topological polar surface area (TPSA) is 30.5 Å². The lowest BCUT2D eigenvalue weighted by molar-refractivity contribution is 0.171. The molecule has 5 heteroatoms. The molecule has 0 amide bonds. The lowest BCUT2D eigenvalue weighted by Crippen LogP contribution is -2.15. The molecule has 1 aliphatic heterocycles. The van der Waals surface area contributed by atoms with Gasteiger partial charge in [-0.3, -0.25) is 0 Å². The molecule has 0 radical (unpaired) electrons. The zero-order chi connectivity index (χ0) is 14.8. The van der Waals surface area contributed by atoms with Gasteiger partial charge < -0.3 is 14.8 Å². The molecule has 0 fully saturated rings. The number of nitrogens with one attached hydrogen (secondary N) is 1. The minimum Gasteiger partial charge on any atom is -0.486 e. The second-order valence-corrected chi connectivity index (χ2v) is 5.73. The SMILES string of the molecule is CC(Nc1ccc2c(c1)OCCO2)c1cc(Cl)ccc1Cl. The van der Waals surface area contributed by atoms with Crippen molar-refractivity contribution in [2.45, 2.75) is 13.0 Å². The summed E-state index contributed by atoms with van der Waals surface area (Å²) in [5.74, 6) is 1.54. The van der Waals surface area contributed by atoms with Crippen LogP contribution in [0.1, 0.15) is 18.5 Å². The zero-order valence-corrected chi connectivity index (χ0v) is 13.0. The molecule has 0 saturated heterocycles. The van der Waals surface area contributed by atoms with Crippen LogP contribution in [0.5, 0.6) is 11.5 Å². The number of benzene rings is 2. The summed E-state index contributed by atoms with van der Waals surface area (Å²) in [6.45, 7) is 3.20. The Hall–Kier alpha value is -1.58. The number of fused-ring (bicyclic) bond motifs is 1. The van der Waals surface area contributed by atoms with Crippen molar-refractivity contribution in [1.29, 1.82) is 0 Å². The highest BCUT2D eigenvalue weighted by Gasteiger charge is 2.14. The first-order valence-electron chi connectivity index (χ1n) is 6.74. The molecule has 1 atom stereocenters. The Morgan fingerprint density at radius 2 is 1.76 bits per heavy atom. The Morgan fingerprint density at radius 1 is 1.00 bits per heavy atom. The lowest BCUT2D eigenvalue weighted by atomic mass is 10.1. The molecule has 1 heterocycles. The van der Waals surface area contributed by atoms with Crippen LogP contribution < -0.4 is 14.8 Å². The molecular weight excluding hydrogens is 309 g/mol. The second-order valence-electron chi connectivity index (χ2n) is 4.89. The first kappa shape index (κ1) is 14.4. The number of hydrogen-bond acceptors (Lipinski definition) is 3. The van der Waals surface area contributed by atoms with E-state index in [1.165, 1.54) is 0 Å². The van der Waals surface area contributed by atoms with Gasteiger partial charge in [0.2, 0.25) is 0 Å². The highest BCUT2D eigenvalue weighted by Crippen LogP contribution is 2.34. The van der Waals surface area contributed by atoms with Crippen molar-refractivity contribution in [2.75, 3.05) is 18.5 Å². The highest BCUT2D eigenvalue weighted by molar-refractivity contribution is 6.33. The normalized spacial score (nSPS) is 14.6. The van der Waals surface area contributed by atoms with Crippen molar-refractivity contribution in [3.05, 3.63) is 52.0 Å². The predicted octanol–water partition coefficient (Wildman–Crippen LogP) is 4.94. The van der Waals surface area contributed by atoms with Gasteiger partial charge in [-0.25, -0.2) is 0 Å². The zero-order valence-electron chi connectivity index (χ0n) is 11.5. The predicted molar refractivity (Wildman–Crippen MR) is 85.9 cm³/mol. The maximum atomic E-state index is 6.23. The average Bonchev–Trinajstić information content (AvgIpc) is 2.49. The van der Waals surface area contributed by atoms with E-state index >= 15 is 0 Å². The van der Waals surface area contributed by atoms with E-state index in [1.54, 1.807) is 12.1 Å². The largest absolute Gasteiger partial charge is 0.486 e. The first-order valence-corrected chi connectivity index (χ1v) is 7.50. The molecule has 2 aromatic carbocycles. The molecule has 0 bridgehead atoms. The van der Waals surface area contributed by atoms with Crippen LogP contribution >= 0.6 is 23.2 Å². The van der Waals surface area contributed by atoms with E-state index in [-0.39, 0.29) is 6.04 Å². The molecule has 0 spiro atoms. The quantitative estimate of drug-likeness (QED) is 0.868. The molecule has 0 aliphatic carbocycles. The summed E-state index contributed by atoms with van der Waals surface area (Å²) in [5, 5.41) is 4.76. The maximum absolute atomic E-state index is 6.23. The van der Waals surface area contributed by atoms with E-state index in [1.807, 2.05) is 31.2 Å². The van der Waals surface area contributed by atoms with E-state index in [2.05, 4.69) is 5.32 Å². The summed E-state index contributed by atoms with van der Waals surface area (Å²) < 4.78 is 11.1. The number of ether oxygens (including phenoxy) is 2. The molecule has 0 aromatic heterocycles. The molecule has 3 rings (SSSR count). The van der Waals surface area contributed by atoms with E-state index < -0.39 is 0 Å². The van der Waals surface area contributed by atoms with Gasteiger partial charge in [0.1, 0.15) is 13.2 Å². The standard InChI is InChI=1S/C16H15Cl2NO2/c1-10(13-8-11(17)2-4-14(13)18)19-12-3-5-15-16(9-12)21-7-6-20-15/h2-5,8-10,19H,6-7H2,1H3. The fraction of sp³-hybridized carbons (Fsp3) is 0.250. The summed E-state index contributed by atoms with van der Waals surface area (Å²) in [7, 11) is 0. The van der Waals surface area contributed by atoms with Gasteiger partial charge in [-0.2, -0.15) is 0 Å². The van der Waals surface area contributed by atoms with Gasteiger partial charge in [0.15, 0.2) is 11.5 Å². The van der Waals surface area contributed by atoms with Gasteiger partial charge in [-0.05, 0) is 42.8 Å². The average molecular weight is 324 g/mol. The Kier molecular flexibility index (Phi) is 4.13. The van der Waals surface area contributed by atoms with Gasteiger partial charge in [-0.1, -0.05) is 23.2 Å². The monoisotopic (exact) mass is 323 g/mol. The molecule has 0 saturated carbocycles.